The lowest BCUT2D eigenvalue weighted by atomic mass is 9.92. The van der Waals surface area contributed by atoms with E-state index in [1.165, 1.54) is 24.3 Å². The number of benzene rings is 2. The van der Waals surface area contributed by atoms with Gasteiger partial charge in [0.2, 0.25) is 11.2 Å². The van der Waals surface area contributed by atoms with Crippen LogP contribution in [0.5, 0.6) is 11.5 Å². The molecule has 0 fully saturated rings. The average molecular weight is 450 g/mol. The Bertz CT molecular complexity index is 1180. The summed E-state index contributed by atoms with van der Waals surface area (Å²) in [6.45, 7) is 2.01. The molecule has 0 spiro atoms. The summed E-state index contributed by atoms with van der Waals surface area (Å²) in [5.41, 5.74) is 2.75. The molecule has 2 aromatic carbocycles. The third-order valence-corrected chi connectivity index (χ3v) is 6.02. The van der Waals surface area contributed by atoms with Crippen LogP contribution in [0.15, 0.2) is 63.8 Å². The summed E-state index contributed by atoms with van der Waals surface area (Å²) < 4.78 is 16.1. The highest BCUT2D eigenvalue weighted by molar-refractivity contribution is 5.71. The number of rotatable bonds is 7. The minimum atomic E-state index is -0.682. The van der Waals surface area contributed by atoms with Crippen molar-refractivity contribution in [3.63, 3.8) is 0 Å². The van der Waals surface area contributed by atoms with Gasteiger partial charge in [-0.15, -0.1) is 0 Å². The normalized spacial score (nSPS) is 14.4. The highest BCUT2D eigenvalue weighted by Crippen LogP contribution is 2.34. The second-order valence-corrected chi connectivity index (χ2v) is 8.13. The fourth-order valence-electron chi connectivity index (χ4n) is 4.23. The monoisotopic (exact) mass is 449 g/mol. The minimum absolute atomic E-state index is 0.0606. The number of carbonyl (C=O) groups excluding carboxylic acids is 1. The van der Waals surface area contributed by atoms with Gasteiger partial charge in [0.15, 0.2) is 5.76 Å². The molecule has 0 aliphatic carbocycles. The Hall–Kier alpha value is -3.58. The van der Waals surface area contributed by atoms with Crippen molar-refractivity contribution < 1.29 is 23.8 Å². The predicted molar refractivity (Wildman–Crippen MR) is 122 cm³/mol. The van der Waals surface area contributed by atoms with E-state index in [0.29, 0.717) is 23.6 Å². The zero-order valence-corrected chi connectivity index (χ0v) is 18.7. The zero-order chi connectivity index (χ0) is 23.4. The fourth-order valence-corrected chi connectivity index (χ4v) is 4.23. The standard InChI is InChI=1S/C26H27NO6/c1-31-20-9-7-18(8-10-20)22(14-24(29)32-2)26-25(30)23(28)13-21(33-26)16-27-12-11-17-5-3-4-6-19(17)15-27/h3-10,13,22,30H,11-12,14-16H2,1-2H3. The summed E-state index contributed by atoms with van der Waals surface area (Å²) in [6, 6.07) is 16.7. The molecular weight excluding hydrogens is 422 g/mol. The molecule has 1 aliphatic heterocycles. The van der Waals surface area contributed by atoms with E-state index in [-0.39, 0.29) is 12.2 Å². The van der Waals surface area contributed by atoms with Gasteiger partial charge in [0.1, 0.15) is 11.5 Å². The van der Waals surface area contributed by atoms with Crippen molar-refractivity contribution >= 4 is 5.97 Å². The number of aromatic hydroxyl groups is 1. The maximum Gasteiger partial charge on any atom is 0.306 e. The number of esters is 1. The second kappa shape index (κ2) is 9.92. The van der Waals surface area contributed by atoms with Gasteiger partial charge in [-0.3, -0.25) is 14.5 Å². The molecule has 2 heterocycles. The van der Waals surface area contributed by atoms with Crippen molar-refractivity contribution in [2.75, 3.05) is 20.8 Å². The van der Waals surface area contributed by atoms with E-state index in [4.69, 9.17) is 13.9 Å². The molecule has 1 aliphatic rings. The zero-order valence-electron chi connectivity index (χ0n) is 18.7. The van der Waals surface area contributed by atoms with Gasteiger partial charge in [0.05, 0.1) is 33.1 Å². The summed E-state index contributed by atoms with van der Waals surface area (Å²) in [7, 11) is 2.86. The smallest absolute Gasteiger partial charge is 0.306 e. The maximum atomic E-state index is 12.6. The predicted octanol–water partition coefficient (Wildman–Crippen LogP) is 3.61. The van der Waals surface area contributed by atoms with Crippen LogP contribution in [-0.4, -0.2) is 36.7 Å². The first-order valence-electron chi connectivity index (χ1n) is 10.8. The first-order valence-corrected chi connectivity index (χ1v) is 10.8. The number of nitrogens with zero attached hydrogens (tertiary/aromatic N) is 1. The SMILES string of the molecule is COC(=O)CC(c1ccc(OC)cc1)c1oc(CN2CCc3ccccc3C2)cc(=O)c1O. The Labute approximate surface area is 192 Å². The number of hydrogen-bond donors (Lipinski definition) is 1. The molecule has 1 unspecified atom stereocenters. The number of methoxy groups -OCH3 is 2. The van der Waals surface area contributed by atoms with Gasteiger partial charge in [0, 0.05) is 19.2 Å². The first-order chi connectivity index (χ1) is 16.0. The molecule has 0 amide bonds. The van der Waals surface area contributed by atoms with E-state index in [1.54, 1.807) is 31.4 Å². The van der Waals surface area contributed by atoms with Gasteiger partial charge in [0.25, 0.3) is 0 Å². The van der Waals surface area contributed by atoms with Crippen LogP contribution in [0, 0.1) is 0 Å². The summed E-state index contributed by atoms with van der Waals surface area (Å²) in [4.78, 5) is 27.0. The van der Waals surface area contributed by atoms with Crippen molar-refractivity contribution in [2.24, 2.45) is 0 Å². The molecule has 0 saturated carbocycles. The van der Waals surface area contributed by atoms with Gasteiger partial charge in [-0.2, -0.15) is 0 Å². The Morgan fingerprint density at radius 3 is 2.55 bits per heavy atom. The van der Waals surface area contributed by atoms with Gasteiger partial charge in [-0.1, -0.05) is 36.4 Å². The summed E-state index contributed by atoms with van der Waals surface area (Å²) in [5, 5.41) is 10.6. The molecule has 1 N–H and O–H groups in total. The lowest BCUT2D eigenvalue weighted by molar-refractivity contribution is -0.140. The van der Waals surface area contributed by atoms with Crippen LogP contribution in [0.2, 0.25) is 0 Å². The Morgan fingerprint density at radius 1 is 1.12 bits per heavy atom. The molecular formula is C26H27NO6. The second-order valence-electron chi connectivity index (χ2n) is 8.13. The van der Waals surface area contributed by atoms with Crippen molar-refractivity contribution in [1.82, 2.24) is 4.90 Å². The summed E-state index contributed by atoms with van der Waals surface area (Å²) in [6.07, 6.45) is 0.835. The lowest BCUT2D eigenvalue weighted by Gasteiger charge is -2.28. The van der Waals surface area contributed by atoms with Crippen LogP contribution in [0.25, 0.3) is 0 Å². The molecule has 0 bridgehead atoms. The Kier molecular flexibility index (Phi) is 6.79. The van der Waals surface area contributed by atoms with Gasteiger partial charge in [-0.25, -0.2) is 0 Å². The van der Waals surface area contributed by atoms with E-state index in [2.05, 4.69) is 17.0 Å². The van der Waals surface area contributed by atoms with Crippen molar-refractivity contribution in [3.8, 4) is 11.5 Å². The van der Waals surface area contributed by atoms with Gasteiger partial charge in [-0.05, 0) is 35.2 Å². The van der Waals surface area contributed by atoms with Crippen molar-refractivity contribution in [1.29, 1.82) is 0 Å². The van der Waals surface area contributed by atoms with Gasteiger partial charge >= 0.3 is 5.97 Å². The van der Waals surface area contributed by atoms with Crippen LogP contribution in [-0.2, 0) is 29.0 Å². The Balaban J connectivity index is 1.66. The molecule has 33 heavy (non-hydrogen) atoms. The molecule has 0 saturated heterocycles. The van der Waals surface area contributed by atoms with Crippen LogP contribution >= 0.6 is 0 Å². The third-order valence-electron chi connectivity index (χ3n) is 6.02. The quantitative estimate of drug-likeness (QED) is 0.551. The molecule has 1 aromatic heterocycles. The number of fused-ring (bicyclic) bond motifs is 1. The van der Waals surface area contributed by atoms with Crippen molar-refractivity contribution in [2.45, 2.75) is 31.8 Å². The minimum Gasteiger partial charge on any atom is -0.502 e. The van der Waals surface area contributed by atoms with Crippen LogP contribution in [0.1, 0.15) is 40.5 Å². The molecule has 4 rings (SSSR count). The van der Waals surface area contributed by atoms with E-state index < -0.39 is 23.1 Å². The fraction of sp³-hybridized carbons (Fsp3) is 0.308. The summed E-state index contributed by atoms with van der Waals surface area (Å²) in [5.74, 6) is -0.497. The Morgan fingerprint density at radius 2 is 1.85 bits per heavy atom. The summed E-state index contributed by atoms with van der Waals surface area (Å²) >= 11 is 0. The van der Waals surface area contributed by atoms with Crippen LogP contribution < -0.4 is 10.2 Å². The first kappa shape index (κ1) is 22.6. The van der Waals surface area contributed by atoms with Crippen molar-refractivity contribution in [3.05, 3.63) is 93.0 Å². The van der Waals surface area contributed by atoms with E-state index >= 15 is 0 Å². The molecule has 7 nitrogen and oxygen atoms in total. The van der Waals surface area contributed by atoms with Crippen LogP contribution in [0.4, 0.5) is 0 Å². The lowest BCUT2D eigenvalue weighted by Crippen LogP contribution is -2.30. The third kappa shape index (κ3) is 5.09. The number of carbonyl (C=O) groups is 1. The maximum absolute atomic E-state index is 12.6. The highest BCUT2D eigenvalue weighted by atomic mass is 16.5. The topological polar surface area (TPSA) is 89.2 Å². The van der Waals surface area contributed by atoms with E-state index in [1.807, 2.05) is 12.1 Å². The number of ether oxygens (including phenoxy) is 2. The number of hydrogen-bond acceptors (Lipinski definition) is 7. The molecule has 1 atom stereocenters. The van der Waals surface area contributed by atoms with Gasteiger partial charge < -0.3 is 19.0 Å². The molecule has 172 valence electrons. The highest BCUT2D eigenvalue weighted by Gasteiger charge is 2.27. The largest absolute Gasteiger partial charge is 0.502 e. The molecule has 0 radical (unpaired) electrons. The van der Waals surface area contributed by atoms with E-state index in [9.17, 15) is 14.7 Å². The van der Waals surface area contributed by atoms with E-state index in [0.717, 1.165) is 19.5 Å². The van der Waals surface area contributed by atoms with Crippen LogP contribution in [0.3, 0.4) is 0 Å². The molecule has 7 heteroatoms. The molecule has 3 aromatic rings. The average Bonchev–Trinajstić information content (AvgIpc) is 2.84.